The first-order valence-electron chi connectivity index (χ1n) is 7.14. The fourth-order valence-corrected chi connectivity index (χ4v) is 3.85. The molecule has 1 N–H and O–H groups in total. The molecule has 19 heavy (non-hydrogen) atoms. The summed E-state index contributed by atoms with van der Waals surface area (Å²) in [6, 6.07) is 8.33. The molecule has 0 spiro atoms. The Hall–Kier alpha value is -0.530. The number of benzene rings is 1. The van der Waals surface area contributed by atoms with Gasteiger partial charge in [-0.2, -0.15) is 0 Å². The van der Waals surface area contributed by atoms with Crippen molar-refractivity contribution in [2.24, 2.45) is 5.41 Å². The molecule has 2 rings (SSSR count). The van der Waals surface area contributed by atoms with E-state index in [-0.39, 0.29) is 11.0 Å². The highest BCUT2D eigenvalue weighted by molar-refractivity contribution is 6.31. The van der Waals surface area contributed by atoms with Gasteiger partial charge in [0.15, 0.2) is 0 Å². The summed E-state index contributed by atoms with van der Waals surface area (Å²) in [5, 5.41) is 4.58. The van der Waals surface area contributed by atoms with E-state index in [1.54, 1.807) is 0 Å². The van der Waals surface area contributed by atoms with Crippen molar-refractivity contribution < 1.29 is 0 Å². The third-order valence-corrected chi connectivity index (χ3v) is 4.37. The quantitative estimate of drug-likeness (QED) is 0.839. The van der Waals surface area contributed by atoms with E-state index in [1.165, 1.54) is 18.4 Å². The first-order chi connectivity index (χ1) is 8.64. The molecule has 1 aliphatic carbocycles. The second kappa shape index (κ2) is 4.79. The van der Waals surface area contributed by atoms with Gasteiger partial charge in [-0.25, -0.2) is 0 Å². The Labute approximate surface area is 122 Å². The lowest BCUT2D eigenvalue weighted by atomic mass is 9.51. The first kappa shape index (κ1) is 14.9. The summed E-state index contributed by atoms with van der Waals surface area (Å²) >= 11 is 6.44. The highest BCUT2D eigenvalue weighted by atomic mass is 35.5. The van der Waals surface area contributed by atoms with Gasteiger partial charge in [-0.05, 0) is 50.7 Å². The van der Waals surface area contributed by atoms with Crippen LogP contribution in [0.3, 0.4) is 0 Å². The van der Waals surface area contributed by atoms with Gasteiger partial charge in [0.25, 0.3) is 0 Å². The van der Waals surface area contributed by atoms with E-state index in [1.807, 2.05) is 12.1 Å². The van der Waals surface area contributed by atoms with Crippen molar-refractivity contribution in [1.29, 1.82) is 0 Å². The molecule has 0 amide bonds. The standard InChI is InChI=1S/C17H26ClN/c1-15(2,3)19-12-17(10-16(4,5)11-17)13-8-6-7-9-14(13)18/h6-9,19H,10-12H2,1-5H3. The lowest BCUT2D eigenvalue weighted by Gasteiger charge is -2.55. The summed E-state index contributed by atoms with van der Waals surface area (Å²) in [6.45, 7) is 12.4. The molecular weight excluding hydrogens is 254 g/mol. The van der Waals surface area contributed by atoms with E-state index in [0.717, 1.165) is 11.6 Å². The Morgan fingerprint density at radius 1 is 1.16 bits per heavy atom. The number of nitrogens with one attached hydrogen (secondary N) is 1. The lowest BCUT2D eigenvalue weighted by Crippen LogP contribution is -2.55. The summed E-state index contributed by atoms with van der Waals surface area (Å²) in [5.74, 6) is 0. The zero-order chi connectivity index (χ0) is 14.3. The third-order valence-electron chi connectivity index (χ3n) is 4.04. The Kier molecular flexibility index (Phi) is 3.75. The van der Waals surface area contributed by atoms with Crippen LogP contribution >= 0.6 is 11.6 Å². The van der Waals surface area contributed by atoms with Crippen molar-refractivity contribution in [2.45, 2.75) is 58.4 Å². The van der Waals surface area contributed by atoms with Gasteiger partial charge in [0.2, 0.25) is 0 Å². The van der Waals surface area contributed by atoms with Crippen LogP contribution in [0, 0.1) is 5.41 Å². The summed E-state index contributed by atoms with van der Waals surface area (Å²) in [6.07, 6.45) is 2.40. The molecule has 1 fully saturated rings. The zero-order valence-corrected chi connectivity index (χ0v) is 13.6. The number of rotatable bonds is 3. The molecule has 0 atom stereocenters. The van der Waals surface area contributed by atoms with Gasteiger partial charge < -0.3 is 5.32 Å². The molecule has 0 bridgehead atoms. The third kappa shape index (κ3) is 3.32. The van der Waals surface area contributed by atoms with Crippen molar-refractivity contribution in [2.75, 3.05) is 6.54 Å². The SMILES string of the molecule is CC1(C)CC(CNC(C)(C)C)(c2ccccc2Cl)C1. The van der Waals surface area contributed by atoms with Crippen LogP contribution in [0.25, 0.3) is 0 Å². The van der Waals surface area contributed by atoms with E-state index < -0.39 is 0 Å². The first-order valence-corrected chi connectivity index (χ1v) is 7.52. The largest absolute Gasteiger partial charge is 0.311 e. The number of halogens is 1. The second-order valence-electron chi connectivity index (χ2n) is 7.88. The van der Waals surface area contributed by atoms with Gasteiger partial charge >= 0.3 is 0 Å². The van der Waals surface area contributed by atoms with Crippen LogP contribution in [-0.2, 0) is 5.41 Å². The van der Waals surface area contributed by atoms with Crippen LogP contribution in [0.15, 0.2) is 24.3 Å². The lowest BCUT2D eigenvalue weighted by molar-refractivity contribution is 0.0513. The molecule has 0 aliphatic heterocycles. The maximum atomic E-state index is 6.44. The average Bonchev–Trinajstić information content (AvgIpc) is 2.23. The maximum Gasteiger partial charge on any atom is 0.0444 e. The molecule has 0 unspecified atom stereocenters. The molecule has 2 heteroatoms. The number of hydrogen-bond acceptors (Lipinski definition) is 1. The average molecular weight is 280 g/mol. The molecule has 106 valence electrons. The van der Waals surface area contributed by atoms with Crippen molar-refractivity contribution >= 4 is 11.6 Å². The number of hydrogen-bond donors (Lipinski definition) is 1. The fraction of sp³-hybridized carbons (Fsp3) is 0.647. The molecule has 1 saturated carbocycles. The van der Waals surface area contributed by atoms with E-state index in [4.69, 9.17) is 11.6 Å². The molecule has 0 heterocycles. The monoisotopic (exact) mass is 279 g/mol. The summed E-state index contributed by atoms with van der Waals surface area (Å²) < 4.78 is 0. The van der Waals surface area contributed by atoms with Gasteiger partial charge in [-0.15, -0.1) is 0 Å². The minimum Gasteiger partial charge on any atom is -0.311 e. The van der Waals surface area contributed by atoms with Gasteiger partial charge in [-0.3, -0.25) is 0 Å². The van der Waals surface area contributed by atoms with Crippen LogP contribution < -0.4 is 5.32 Å². The highest BCUT2D eigenvalue weighted by Gasteiger charge is 2.50. The van der Waals surface area contributed by atoms with Crippen molar-refractivity contribution in [3.8, 4) is 0 Å². The molecule has 1 aliphatic rings. The van der Waals surface area contributed by atoms with Crippen molar-refractivity contribution in [3.63, 3.8) is 0 Å². The smallest absolute Gasteiger partial charge is 0.0444 e. The van der Waals surface area contributed by atoms with Gasteiger partial charge in [-0.1, -0.05) is 43.6 Å². The van der Waals surface area contributed by atoms with E-state index in [9.17, 15) is 0 Å². The van der Waals surface area contributed by atoms with E-state index in [2.05, 4.69) is 52.1 Å². The highest BCUT2D eigenvalue weighted by Crippen LogP contribution is 2.56. The Balaban J connectivity index is 2.25. The molecule has 1 aromatic carbocycles. The predicted molar refractivity (Wildman–Crippen MR) is 83.9 cm³/mol. The predicted octanol–water partition coefficient (Wildman–Crippen LogP) is 4.79. The minimum absolute atomic E-state index is 0.147. The molecule has 0 saturated heterocycles. The van der Waals surface area contributed by atoms with E-state index >= 15 is 0 Å². The Morgan fingerprint density at radius 2 is 1.74 bits per heavy atom. The Morgan fingerprint density at radius 3 is 2.21 bits per heavy atom. The second-order valence-corrected chi connectivity index (χ2v) is 8.29. The van der Waals surface area contributed by atoms with Gasteiger partial charge in [0.05, 0.1) is 0 Å². The molecule has 0 aromatic heterocycles. The zero-order valence-electron chi connectivity index (χ0n) is 12.8. The summed E-state index contributed by atoms with van der Waals surface area (Å²) in [4.78, 5) is 0. The minimum atomic E-state index is 0.147. The van der Waals surface area contributed by atoms with Crippen LogP contribution in [0.4, 0.5) is 0 Å². The van der Waals surface area contributed by atoms with Crippen LogP contribution in [-0.4, -0.2) is 12.1 Å². The Bertz CT molecular complexity index is 449. The summed E-state index contributed by atoms with van der Waals surface area (Å²) in [7, 11) is 0. The van der Waals surface area contributed by atoms with Crippen molar-refractivity contribution in [3.05, 3.63) is 34.9 Å². The van der Waals surface area contributed by atoms with Crippen molar-refractivity contribution in [1.82, 2.24) is 5.32 Å². The molecular formula is C17H26ClN. The normalized spacial score (nSPS) is 20.9. The molecule has 0 radical (unpaired) electrons. The fourth-order valence-electron chi connectivity index (χ4n) is 3.52. The van der Waals surface area contributed by atoms with Crippen LogP contribution in [0.2, 0.25) is 5.02 Å². The summed E-state index contributed by atoms with van der Waals surface area (Å²) in [5.41, 5.74) is 2.09. The van der Waals surface area contributed by atoms with Gasteiger partial charge in [0.1, 0.15) is 0 Å². The van der Waals surface area contributed by atoms with Gasteiger partial charge in [0, 0.05) is 22.5 Å². The van der Waals surface area contributed by atoms with E-state index in [0.29, 0.717) is 5.41 Å². The molecule has 1 nitrogen and oxygen atoms in total. The topological polar surface area (TPSA) is 12.0 Å². The molecule has 1 aromatic rings. The van der Waals surface area contributed by atoms with Crippen LogP contribution in [0.5, 0.6) is 0 Å². The van der Waals surface area contributed by atoms with Crippen LogP contribution in [0.1, 0.15) is 53.0 Å². The maximum absolute atomic E-state index is 6.44.